The number of rotatable bonds is 3. The maximum atomic E-state index is 5.22. The molecule has 0 radical (unpaired) electrons. The van der Waals surface area contributed by atoms with Gasteiger partial charge in [0.05, 0.1) is 17.7 Å². The van der Waals surface area contributed by atoms with Gasteiger partial charge in [0, 0.05) is 11.4 Å². The van der Waals surface area contributed by atoms with Crippen LogP contribution in [0.1, 0.15) is 31.4 Å². The Morgan fingerprint density at radius 2 is 2.33 bits per heavy atom. The van der Waals surface area contributed by atoms with E-state index in [1.165, 1.54) is 25.7 Å². The average Bonchev–Trinajstić information content (AvgIpc) is 2.86. The molecule has 1 aliphatic rings. The van der Waals surface area contributed by atoms with E-state index in [4.69, 9.17) is 12.2 Å². The highest BCUT2D eigenvalue weighted by atomic mass is 32.1. The molecular formula is C10H15N3S2. The zero-order valence-corrected chi connectivity index (χ0v) is 10.2. The van der Waals surface area contributed by atoms with Crippen LogP contribution in [0, 0.1) is 0 Å². The van der Waals surface area contributed by atoms with Crippen LogP contribution in [0.5, 0.6) is 0 Å². The maximum Gasteiger partial charge on any atom is 0.166 e. The molecule has 5 heteroatoms. The van der Waals surface area contributed by atoms with Crippen LogP contribution in [0.15, 0.2) is 10.9 Å². The van der Waals surface area contributed by atoms with Crippen LogP contribution in [0.4, 0.5) is 0 Å². The van der Waals surface area contributed by atoms with Gasteiger partial charge < -0.3 is 10.6 Å². The van der Waals surface area contributed by atoms with Crippen LogP contribution < -0.4 is 10.6 Å². The van der Waals surface area contributed by atoms with E-state index in [-0.39, 0.29) is 0 Å². The van der Waals surface area contributed by atoms with Crippen molar-refractivity contribution in [3.63, 3.8) is 0 Å². The van der Waals surface area contributed by atoms with Crippen molar-refractivity contribution in [3.8, 4) is 0 Å². The van der Waals surface area contributed by atoms with Crippen molar-refractivity contribution in [2.75, 3.05) is 0 Å². The first-order valence-corrected chi connectivity index (χ1v) is 6.61. The molecule has 1 aromatic rings. The minimum Gasteiger partial charge on any atom is -0.360 e. The van der Waals surface area contributed by atoms with E-state index >= 15 is 0 Å². The highest BCUT2D eigenvalue weighted by molar-refractivity contribution is 7.80. The van der Waals surface area contributed by atoms with Gasteiger partial charge in [0.25, 0.3) is 0 Å². The summed E-state index contributed by atoms with van der Waals surface area (Å²) in [6, 6.07) is 0.584. The molecule has 1 saturated carbocycles. The van der Waals surface area contributed by atoms with Crippen LogP contribution in [0.25, 0.3) is 0 Å². The Hall–Kier alpha value is -0.680. The summed E-state index contributed by atoms with van der Waals surface area (Å²) in [7, 11) is 0. The fourth-order valence-electron chi connectivity index (χ4n) is 1.80. The molecule has 0 aromatic carbocycles. The summed E-state index contributed by atoms with van der Waals surface area (Å²) in [6.45, 7) is 0.724. The Labute approximate surface area is 99.3 Å². The molecule has 0 bridgehead atoms. The predicted octanol–water partition coefficient (Wildman–Crippen LogP) is 2.05. The van der Waals surface area contributed by atoms with Crippen molar-refractivity contribution >= 4 is 28.7 Å². The normalized spacial score (nSPS) is 16.5. The second kappa shape index (κ2) is 5.42. The highest BCUT2D eigenvalue weighted by Crippen LogP contribution is 2.17. The molecule has 1 fully saturated rings. The number of thiocarbonyl (C=S) groups is 1. The molecule has 2 N–H and O–H groups in total. The SMILES string of the molecule is S=C(NCc1cscn1)NC1CCCC1. The molecule has 0 unspecified atom stereocenters. The average molecular weight is 241 g/mol. The van der Waals surface area contributed by atoms with E-state index in [1.807, 2.05) is 10.9 Å². The molecule has 0 atom stereocenters. The lowest BCUT2D eigenvalue weighted by atomic mass is 10.3. The first-order chi connectivity index (χ1) is 7.34. The topological polar surface area (TPSA) is 37.0 Å². The second-order valence-electron chi connectivity index (χ2n) is 3.79. The van der Waals surface area contributed by atoms with Gasteiger partial charge in [-0.25, -0.2) is 4.98 Å². The molecule has 2 rings (SSSR count). The number of thiazole rings is 1. The standard InChI is InChI=1S/C10H15N3S2/c14-10(13-8-3-1-2-4-8)11-5-9-6-15-7-12-9/h6-8H,1-5H2,(H2,11,13,14). The van der Waals surface area contributed by atoms with Crippen LogP contribution in [-0.4, -0.2) is 16.1 Å². The van der Waals surface area contributed by atoms with Gasteiger partial charge in [0.15, 0.2) is 5.11 Å². The molecule has 15 heavy (non-hydrogen) atoms. The van der Waals surface area contributed by atoms with Crippen LogP contribution in [0.3, 0.4) is 0 Å². The summed E-state index contributed by atoms with van der Waals surface area (Å²) in [4.78, 5) is 4.19. The summed E-state index contributed by atoms with van der Waals surface area (Å²) < 4.78 is 0. The van der Waals surface area contributed by atoms with Gasteiger partial charge in [-0.05, 0) is 25.1 Å². The zero-order valence-electron chi connectivity index (χ0n) is 8.53. The summed E-state index contributed by atoms with van der Waals surface area (Å²) in [5.41, 5.74) is 2.89. The molecule has 1 aromatic heterocycles. The third-order valence-corrected chi connectivity index (χ3v) is 3.50. The number of hydrogen-bond donors (Lipinski definition) is 2. The first kappa shape index (κ1) is 10.8. The lowest BCUT2D eigenvalue weighted by Gasteiger charge is -2.14. The Bertz CT molecular complexity index is 304. The summed E-state index contributed by atoms with van der Waals surface area (Å²) in [5, 5.41) is 9.31. The Morgan fingerprint density at radius 3 is 3.00 bits per heavy atom. The van der Waals surface area contributed by atoms with E-state index in [0.29, 0.717) is 6.04 Å². The minimum absolute atomic E-state index is 0.584. The van der Waals surface area contributed by atoms with Gasteiger partial charge in [0.1, 0.15) is 0 Å². The van der Waals surface area contributed by atoms with Crippen LogP contribution in [-0.2, 0) is 6.54 Å². The summed E-state index contributed by atoms with van der Waals surface area (Å²) in [5.74, 6) is 0. The fraction of sp³-hybridized carbons (Fsp3) is 0.600. The number of nitrogens with zero attached hydrogens (tertiary/aromatic N) is 1. The number of aromatic nitrogens is 1. The molecule has 3 nitrogen and oxygen atoms in total. The van der Waals surface area contributed by atoms with Gasteiger partial charge in [0.2, 0.25) is 0 Å². The van der Waals surface area contributed by atoms with Crippen molar-refractivity contribution in [1.82, 2.24) is 15.6 Å². The Balaban J connectivity index is 1.68. The van der Waals surface area contributed by atoms with Crippen molar-refractivity contribution in [2.45, 2.75) is 38.3 Å². The van der Waals surface area contributed by atoms with E-state index in [2.05, 4.69) is 15.6 Å². The zero-order chi connectivity index (χ0) is 10.5. The lowest BCUT2D eigenvalue weighted by molar-refractivity contribution is 0.620. The van der Waals surface area contributed by atoms with Gasteiger partial charge in [-0.2, -0.15) is 0 Å². The molecular weight excluding hydrogens is 226 g/mol. The predicted molar refractivity (Wildman–Crippen MR) is 66.9 cm³/mol. The maximum absolute atomic E-state index is 5.22. The van der Waals surface area contributed by atoms with Crippen molar-refractivity contribution in [1.29, 1.82) is 0 Å². The minimum atomic E-state index is 0.584. The van der Waals surface area contributed by atoms with Crippen LogP contribution in [0.2, 0.25) is 0 Å². The van der Waals surface area contributed by atoms with Gasteiger partial charge in [-0.1, -0.05) is 12.8 Å². The summed E-state index contributed by atoms with van der Waals surface area (Å²) in [6.07, 6.45) is 5.15. The number of hydrogen-bond acceptors (Lipinski definition) is 3. The number of nitrogens with one attached hydrogen (secondary N) is 2. The van der Waals surface area contributed by atoms with Crippen molar-refractivity contribution < 1.29 is 0 Å². The molecule has 0 amide bonds. The lowest BCUT2D eigenvalue weighted by Crippen LogP contribution is -2.40. The van der Waals surface area contributed by atoms with Crippen LogP contribution >= 0.6 is 23.6 Å². The molecule has 1 heterocycles. The Morgan fingerprint density at radius 1 is 1.53 bits per heavy atom. The van der Waals surface area contributed by atoms with Gasteiger partial charge in [-0.3, -0.25) is 0 Å². The molecule has 0 aliphatic heterocycles. The smallest absolute Gasteiger partial charge is 0.166 e. The Kier molecular flexibility index (Phi) is 3.91. The molecule has 0 saturated heterocycles. The molecule has 82 valence electrons. The quantitative estimate of drug-likeness (QED) is 0.794. The van der Waals surface area contributed by atoms with E-state index < -0.39 is 0 Å². The van der Waals surface area contributed by atoms with E-state index in [0.717, 1.165) is 17.4 Å². The third-order valence-electron chi connectivity index (χ3n) is 2.60. The van der Waals surface area contributed by atoms with Crippen molar-refractivity contribution in [2.24, 2.45) is 0 Å². The second-order valence-corrected chi connectivity index (χ2v) is 4.92. The molecule has 0 spiro atoms. The molecule has 1 aliphatic carbocycles. The summed E-state index contributed by atoms with van der Waals surface area (Å²) >= 11 is 6.83. The fourth-order valence-corrected chi connectivity index (χ4v) is 2.60. The van der Waals surface area contributed by atoms with Gasteiger partial charge in [-0.15, -0.1) is 11.3 Å². The van der Waals surface area contributed by atoms with E-state index in [1.54, 1.807) is 11.3 Å². The monoisotopic (exact) mass is 241 g/mol. The van der Waals surface area contributed by atoms with Gasteiger partial charge >= 0.3 is 0 Å². The highest BCUT2D eigenvalue weighted by Gasteiger charge is 2.15. The first-order valence-electron chi connectivity index (χ1n) is 5.26. The van der Waals surface area contributed by atoms with E-state index in [9.17, 15) is 0 Å². The third kappa shape index (κ3) is 3.43. The van der Waals surface area contributed by atoms with Crippen molar-refractivity contribution in [3.05, 3.63) is 16.6 Å². The largest absolute Gasteiger partial charge is 0.360 e.